The Kier molecular flexibility index (Phi) is 7.73. The molecule has 28 heavy (non-hydrogen) atoms. The number of hydrogen-bond acceptors (Lipinski definition) is 5. The minimum Gasteiger partial charge on any atom is -0.491 e. The zero-order valence-electron chi connectivity index (χ0n) is 17.6. The Labute approximate surface area is 166 Å². The Hall–Kier alpha value is -2.69. The molecule has 0 bridgehead atoms. The maximum absolute atomic E-state index is 12.3. The van der Waals surface area contributed by atoms with Gasteiger partial charge in [-0.05, 0) is 65.7 Å². The molecule has 0 N–H and O–H groups in total. The number of hydrogen-bond donors (Lipinski definition) is 0. The summed E-state index contributed by atoms with van der Waals surface area (Å²) < 4.78 is 22.2. The third-order valence-corrected chi connectivity index (χ3v) is 4.12. The molecule has 0 saturated heterocycles. The van der Waals surface area contributed by atoms with Crippen molar-refractivity contribution >= 4 is 11.0 Å². The summed E-state index contributed by atoms with van der Waals surface area (Å²) in [6.07, 6.45) is 6.24. The number of rotatable bonds is 9. The van der Waals surface area contributed by atoms with Crippen LogP contribution in [0.2, 0.25) is 0 Å². The second-order valence-corrected chi connectivity index (χ2v) is 7.26. The number of fused-ring (bicyclic) bond motifs is 1. The Morgan fingerprint density at radius 2 is 1.89 bits per heavy atom. The molecule has 152 valence electrons. The molecule has 1 heterocycles. The predicted molar refractivity (Wildman–Crippen MR) is 113 cm³/mol. The first-order valence-corrected chi connectivity index (χ1v) is 9.55. The van der Waals surface area contributed by atoms with E-state index in [2.05, 4.69) is 26.8 Å². The van der Waals surface area contributed by atoms with Crippen molar-refractivity contribution in [1.82, 2.24) is 0 Å². The minimum atomic E-state index is -0.573. The summed E-state index contributed by atoms with van der Waals surface area (Å²) >= 11 is 0. The molecular formula is C23H30O5. The number of methoxy groups -OCH3 is 1. The summed E-state index contributed by atoms with van der Waals surface area (Å²) in [5, 5.41) is 0.670. The largest absolute Gasteiger partial charge is 0.491 e. The Morgan fingerprint density at radius 1 is 1.14 bits per heavy atom. The van der Waals surface area contributed by atoms with E-state index in [1.807, 2.05) is 32.1 Å². The normalized spacial score (nSPS) is 11.6. The Morgan fingerprint density at radius 3 is 2.54 bits per heavy atom. The van der Waals surface area contributed by atoms with Crippen molar-refractivity contribution in [2.75, 3.05) is 13.7 Å². The van der Waals surface area contributed by atoms with Crippen LogP contribution in [-0.4, -0.2) is 19.8 Å². The minimum absolute atomic E-state index is 0.0255. The lowest BCUT2D eigenvalue weighted by Crippen LogP contribution is -2.09. The van der Waals surface area contributed by atoms with Crippen LogP contribution in [0.25, 0.3) is 11.0 Å². The summed E-state index contributed by atoms with van der Waals surface area (Å²) in [6, 6.07) is 5.35. The van der Waals surface area contributed by atoms with E-state index in [0.29, 0.717) is 29.1 Å². The molecule has 1 aromatic heterocycles. The SMILES string of the molecule is COc1c(OCC=C(C)CCC=C(C)C)c2ccc(OC(C)C)cc2oc1=O. The van der Waals surface area contributed by atoms with Gasteiger partial charge in [-0.25, -0.2) is 4.79 Å². The van der Waals surface area contributed by atoms with Crippen LogP contribution in [0, 0.1) is 0 Å². The maximum Gasteiger partial charge on any atom is 0.383 e. The fourth-order valence-electron chi connectivity index (χ4n) is 2.76. The molecule has 5 nitrogen and oxygen atoms in total. The first-order valence-electron chi connectivity index (χ1n) is 9.55. The summed E-state index contributed by atoms with van der Waals surface area (Å²) in [5.74, 6) is 1.09. The van der Waals surface area contributed by atoms with Crippen molar-refractivity contribution in [3.8, 4) is 17.2 Å². The molecule has 2 rings (SSSR count). The van der Waals surface area contributed by atoms with Crippen molar-refractivity contribution in [3.05, 3.63) is 51.9 Å². The standard InChI is InChI=1S/C23H30O5/c1-15(2)8-7-9-17(5)12-13-26-21-19-11-10-18(27-16(3)4)14-20(19)28-23(24)22(21)25-6/h8,10-12,14,16H,7,9,13H2,1-6H3. The number of ether oxygens (including phenoxy) is 3. The average Bonchev–Trinajstić information content (AvgIpc) is 2.60. The first-order chi connectivity index (χ1) is 13.3. The average molecular weight is 386 g/mol. The second kappa shape index (κ2) is 10.0. The van der Waals surface area contributed by atoms with E-state index in [9.17, 15) is 4.79 Å². The van der Waals surface area contributed by atoms with Gasteiger partial charge in [-0.3, -0.25) is 0 Å². The predicted octanol–water partition coefficient (Wildman–Crippen LogP) is 5.66. The van der Waals surface area contributed by atoms with Crippen LogP contribution in [0.15, 0.2) is 50.7 Å². The Bertz CT molecular complexity index is 914. The molecule has 0 radical (unpaired) electrons. The van der Waals surface area contributed by atoms with E-state index < -0.39 is 5.63 Å². The quantitative estimate of drug-likeness (QED) is 0.411. The van der Waals surface area contributed by atoms with E-state index in [-0.39, 0.29) is 11.9 Å². The van der Waals surface area contributed by atoms with E-state index in [1.54, 1.807) is 6.07 Å². The highest BCUT2D eigenvalue weighted by Gasteiger charge is 2.17. The summed E-state index contributed by atoms with van der Waals surface area (Å²) in [5.41, 5.74) is 2.38. The fraction of sp³-hybridized carbons (Fsp3) is 0.435. The highest BCUT2D eigenvalue weighted by atomic mass is 16.5. The molecular weight excluding hydrogens is 356 g/mol. The molecule has 0 atom stereocenters. The van der Waals surface area contributed by atoms with Crippen LogP contribution in [0.1, 0.15) is 47.5 Å². The van der Waals surface area contributed by atoms with Gasteiger partial charge < -0.3 is 18.6 Å². The van der Waals surface area contributed by atoms with Crippen molar-refractivity contribution in [1.29, 1.82) is 0 Å². The Balaban J connectivity index is 2.26. The molecule has 0 saturated carbocycles. The van der Waals surface area contributed by atoms with Gasteiger partial charge in [0.1, 0.15) is 17.9 Å². The van der Waals surface area contributed by atoms with Crippen LogP contribution in [0.5, 0.6) is 17.2 Å². The van der Waals surface area contributed by atoms with Gasteiger partial charge >= 0.3 is 5.63 Å². The van der Waals surface area contributed by atoms with E-state index in [4.69, 9.17) is 18.6 Å². The highest BCUT2D eigenvalue weighted by Crippen LogP contribution is 2.34. The zero-order valence-corrected chi connectivity index (χ0v) is 17.6. The lowest BCUT2D eigenvalue weighted by molar-refractivity contribution is 0.242. The second-order valence-electron chi connectivity index (χ2n) is 7.26. The van der Waals surface area contributed by atoms with Gasteiger partial charge in [0, 0.05) is 6.07 Å². The van der Waals surface area contributed by atoms with E-state index >= 15 is 0 Å². The fourth-order valence-corrected chi connectivity index (χ4v) is 2.76. The van der Waals surface area contributed by atoms with Gasteiger partial charge in [0.15, 0.2) is 5.75 Å². The molecule has 1 aromatic carbocycles. The van der Waals surface area contributed by atoms with Crippen LogP contribution in [0.4, 0.5) is 0 Å². The monoisotopic (exact) mass is 386 g/mol. The van der Waals surface area contributed by atoms with E-state index in [1.165, 1.54) is 18.3 Å². The lowest BCUT2D eigenvalue weighted by Gasteiger charge is -2.13. The van der Waals surface area contributed by atoms with Crippen molar-refractivity contribution in [3.63, 3.8) is 0 Å². The third kappa shape index (κ3) is 5.91. The van der Waals surface area contributed by atoms with Crippen LogP contribution < -0.4 is 19.8 Å². The van der Waals surface area contributed by atoms with Gasteiger partial charge in [-0.1, -0.05) is 17.2 Å². The van der Waals surface area contributed by atoms with Crippen molar-refractivity contribution < 1.29 is 18.6 Å². The molecule has 0 fully saturated rings. The summed E-state index contributed by atoms with van der Waals surface area (Å²) in [4.78, 5) is 12.3. The molecule has 5 heteroatoms. The topological polar surface area (TPSA) is 57.9 Å². The number of benzene rings is 1. The zero-order chi connectivity index (χ0) is 20.7. The van der Waals surface area contributed by atoms with Gasteiger partial charge in [0.25, 0.3) is 0 Å². The van der Waals surface area contributed by atoms with Gasteiger partial charge in [-0.15, -0.1) is 0 Å². The number of allylic oxidation sites excluding steroid dienone is 3. The summed E-state index contributed by atoms with van der Waals surface area (Å²) in [7, 11) is 1.43. The molecule has 0 spiro atoms. The van der Waals surface area contributed by atoms with Gasteiger partial charge in [0.2, 0.25) is 5.75 Å². The lowest BCUT2D eigenvalue weighted by atomic mass is 10.1. The smallest absolute Gasteiger partial charge is 0.383 e. The molecule has 0 aliphatic heterocycles. The third-order valence-electron chi connectivity index (χ3n) is 4.12. The van der Waals surface area contributed by atoms with E-state index in [0.717, 1.165) is 12.8 Å². The first kappa shape index (κ1) is 21.6. The molecule has 0 aliphatic rings. The van der Waals surface area contributed by atoms with Crippen LogP contribution in [-0.2, 0) is 0 Å². The van der Waals surface area contributed by atoms with Crippen LogP contribution >= 0.6 is 0 Å². The van der Waals surface area contributed by atoms with Gasteiger partial charge in [-0.2, -0.15) is 0 Å². The highest BCUT2D eigenvalue weighted by molar-refractivity contribution is 5.86. The molecule has 2 aromatic rings. The maximum atomic E-state index is 12.3. The summed E-state index contributed by atoms with van der Waals surface area (Å²) in [6.45, 7) is 10.5. The molecule has 0 aliphatic carbocycles. The van der Waals surface area contributed by atoms with Crippen molar-refractivity contribution in [2.24, 2.45) is 0 Å². The molecule has 0 amide bonds. The van der Waals surface area contributed by atoms with Gasteiger partial charge in [0.05, 0.1) is 18.6 Å². The van der Waals surface area contributed by atoms with Crippen LogP contribution in [0.3, 0.4) is 0 Å². The van der Waals surface area contributed by atoms with Crippen molar-refractivity contribution in [2.45, 2.75) is 53.6 Å². The molecule has 0 unspecified atom stereocenters.